The SMILES string of the molecule is CCOc1ccc(S(=O)(=O)NCC(=O)N[C@H]2CCCNC2)cc1OCC. The zero-order valence-corrected chi connectivity index (χ0v) is 16.0. The first-order valence-electron chi connectivity index (χ1n) is 8.85. The van der Waals surface area contributed by atoms with Crippen LogP contribution in [-0.4, -0.2) is 53.2 Å². The summed E-state index contributed by atoms with van der Waals surface area (Å²) in [7, 11) is -3.83. The molecule has 1 saturated heterocycles. The molecule has 0 aromatic heterocycles. The van der Waals surface area contributed by atoms with Crippen LogP contribution in [0.15, 0.2) is 23.1 Å². The van der Waals surface area contributed by atoms with Gasteiger partial charge in [-0.1, -0.05) is 0 Å². The molecule has 9 heteroatoms. The largest absolute Gasteiger partial charge is 0.490 e. The van der Waals surface area contributed by atoms with Crippen molar-refractivity contribution in [2.75, 3.05) is 32.8 Å². The van der Waals surface area contributed by atoms with E-state index in [4.69, 9.17) is 9.47 Å². The number of piperidine rings is 1. The molecular weight excluding hydrogens is 358 g/mol. The number of nitrogens with one attached hydrogen (secondary N) is 3. The van der Waals surface area contributed by atoms with Crippen molar-refractivity contribution in [3.8, 4) is 11.5 Å². The van der Waals surface area contributed by atoms with E-state index in [9.17, 15) is 13.2 Å². The van der Waals surface area contributed by atoms with E-state index in [0.717, 1.165) is 19.4 Å². The van der Waals surface area contributed by atoms with Crippen LogP contribution in [-0.2, 0) is 14.8 Å². The zero-order valence-electron chi connectivity index (χ0n) is 15.2. The standard InChI is InChI=1S/C17H27N3O5S/c1-3-24-15-8-7-14(10-16(15)25-4-2)26(22,23)19-12-17(21)20-13-6-5-9-18-11-13/h7-8,10,13,18-19H,3-6,9,11-12H2,1-2H3,(H,20,21)/t13-/m0/s1. The Labute approximate surface area is 154 Å². The predicted molar refractivity (Wildman–Crippen MR) is 98.0 cm³/mol. The summed E-state index contributed by atoms with van der Waals surface area (Å²) < 4.78 is 38.1. The lowest BCUT2D eigenvalue weighted by atomic mass is 10.1. The first-order valence-corrected chi connectivity index (χ1v) is 10.3. The summed E-state index contributed by atoms with van der Waals surface area (Å²) >= 11 is 0. The van der Waals surface area contributed by atoms with Gasteiger partial charge in [0.05, 0.1) is 24.7 Å². The molecule has 1 aliphatic heterocycles. The molecule has 0 aliphatic carbocycles. The van der Waals surface area contributed by atoms with Gasteiger partial charge in [0.2, 0.25) is 15.9 Å². The van der Waals surface area contributed by atoms with Crippen LogP contribution in [0.25, 0.3) is 0 Å². The minimum atomic E-state index is -3.83. The lowest BCUT2D eigenvalue weighted by Gasteiger charge is -2.23. The van der Waals surface area contributed by atoms with Crippen molar-refractivity contribution < 1.29 is 22.7 Å². The van der Waals surface area contributed by atoms with Crippen molar-refractivity contribution in [1.29, 1.82) is 0 Å². The van der Waals surface area contributed by atoms with Crippen LogP contribution in [0.5, 0.6) is 11.5 Å². The average molecular weight is 385 g/mol. The summed E-state index contributed by atoms with van der Waals surface area (Å²) in [6.45, 7) is 5.81. The number of hydrogen-bond donors (Lipinski definition) is 3. The topological polar surface area (TPSA) is 106 Å². The molecule has 146 valence electrons. The van der Waals surface area contributed by atoms with Crippen molar-refractivity contribution in [3.63, 3.8) is 0 Å². The van der Waals surface area contributed by atoms with Gasteiger partial charge in [0.25, 0.3) is 0 Å². The minimum absolute atomic E-state index is 0.0246. The highest BCUT2D eigenvalue weighted by Crippen LogP contribution is 2.30. The van der Waals surface area contributed by atoms with Gasteiger partial charge in [0.15, 0.2) is 11.5 Å². The number of sulfonamides is 1. The molecule has 3 N–H and O–H groups in total. The fraction of sp³-hybridized carbons (Fsp3) is 0.588. The van der Waals surface area contributed by atoms with Gasteiger partial charge < -0.3 is 20.1 Å². The fourth-order valence-corrected chi connectivity index (χ4v) is 3.69. The van der Waals surface area contributed by atoms with Gasteiger partial charge in [-0.05, 0) is 45.4 Å². The van der Waals surface area contributed by atoms with Gasteiger partial charge in [-0.3, -0.25) is 4.79 Å². The van der Waals surface area contributed by atoms with E-state index in [1.807, 2.05) is 6.92 Å². The second-order valence-corrected chi connectivity index (χ2v) is 7.68. The highest BCUT2D eigenvalue weighted by atomic mass is 32.2. The maximum absolute atomic E-state index is 12.5. The summed E-state index contributed by atoms with van der Waals surface area (Å²) in [5, 5.41) is 6.02. The molecule has 1 aromatic rings. The number of amides is 1. The second-order valence-electron chi connectivity index (χ2n) is 5.91. The maximum atomic E-state index is 12.5. The summed E-state index contributed by atoms with van der Waals surface area (Å²) in [4.78, 5) is 12.0. The summed E-state index contributed by atoms with van der Waals surface area (Å²) in [5.41, 5.74) is 0. The Hall–Kier alpha value is -1.84. The van der Waals surface area contributed by atoms with Crippen molar-refractivity contribution in [3.05, 3.63) is 18.2 Å². The number of hydrogen-bond acceptors (Lipinski definition) is 6. The number of carbonyl (C=O) groups excluding carboxylic acids is 1. The van der Waals surface area contributed by atoms with E-state index in [0.29, 0.717) is 31.3 Å². The van der Waals surface area contributed by atoms with Gasteiger partial charge in [-0.25, -0.2) is 13.1 Å². The van der Waals surface area contributed by atoms with Gasteiger partial charge >= 0.3 is 0 Å². The number of rotatable bonds is 9. The Morgan fingerprint density at radius 2 is 1.96 bits per heavy atom. The monoisotopic (exact) mass is 385 g/mol. The van der Waals surface area contributed by atoms with E-state index in [2.05, 4.69) is 15.4 Å². The van der Waals surface area contributed by atoms with Crippen LogP contribution in [0, 0.1) is 0 Å². The van der Waals surface area contributed by atoms with Gasteiger partial charge in [-0.2, -0.15) is 0 Å². The van der Waals surface area contributed by atoms with Crippen molar-refractivity contribution >= 4 is 15.9 Å². The molecule has 0 unspecified atom stereocenters. The molecule has 0 bridgehead atoms. The lowest BCUT2D eigenvalue weighted by molar-refractivity contribution is -0.120. The normalized spacial score (nSPS) is 17.5. The molecule has 8 nitrogen and oxygen atoms in total. The van der Waals surface area contributed by atoms with Crippen LogP contribution in [0.2, 0.25) is 0 Å². The highest BCUT2D eigenvalue weighted by Gasteiger charge is 2.20. The first kappa shape index (κ1) is 20.5. The van der Waals surface area contributed by atoms with Crippen molar-refractivity contribution in [1.82, 2.24) is 15.4 Å². The maximum Gasteiger partial charge on any atom is 0.241 e. The van der Waals surface area contributed by atoms with E-state index in [1.165, 1.54) is 12.1 Å². The molecule has 0 saturated carbocycles. The summed E-state index contributed by atoms with van der Waals surface area (Å²) in [5.74, 6) is 0.490. The summed E-state index contributed by atoms with van der Waals surface area (Å²) in [6.07, 6.45) is 1.88. The van der Waals surface area contributed by atoms with Crippen LogP contribution >= 0.6 is 0 Å². The van der Waals surface area contributed by atoms with E-state index < -0.39 is 10.0 Å². The molecule has 1 atom stereocenters. The van der Waals surface area contributed by atoms with Crippen LogP contribution in [0.4, 0.5) is 0 Å². The minimum Gasteiger partial charge on any atom is -0.490 e. The van der Waals surface area contributed by atoms with Crippen LogP contribution < -0.4 is 24.8 Å². The van der Waals surface area contributed by atoms with Crippen molar-refractivity contribution in [2.24, 2.45) is 0 Å². The van der Waals surface area contributed by atoms with Crippen molar-refractivity contribution in [2.45, 2.75) is 37.6 Å². The molecule has 1 aliphatic rings. The van der Waals surface area contributed by atoms with Gasteiger partial charge in [-0.15, -0.1) is 0 Å². The lowest BCUT2D eigenvalue weighted by Crippen LogP contribution is -2.48. The first-order chi connectivity index (χ1) is 12.5. The third-order valence-electron chi connectivity index (χ3n) is 3.91. The fourth-order valence-electron chi connectivity index (χ4n) is 2.70. The van der Waals surface area contributed by atoms with E-state index in [-0.39, 0.29) is 23.4 Å². The van der Waals surface area contributed by atoms with Gasteiger partial charge in [0, 0.05) is 18.7 Å². The summed E-state index contributed by atoms with van der Waals surface area (Å²) in [6, 6.07) is 4.42. The Kier molecular flexibility index (Phi) is 7.67. The molecule has 0 radical (unpaired) electrons. The van der Waals surface area contributed by atoms with Gasteiger partial charge in [0.1, 0.15) is 0 Å². The third-order valence-corrected chi connectivity index (χ3v) is 5.31. The molecular formula is C17H27N3O5S. The Morgan fingerprint density at radius 1 is 1.23 bits per heavy atom. The van der Waals surface area contributed by atoms with E-state index in [1.54, 1.807) is 13.0 Å². The molecule has 1 aromatic carbocycles. The number of ether oxygens (including phenoxy) is 2. The second kappa shape index (κ2) is 9.75. The molecule has 2 rings (SSSR count). The Balaban J connectivity index is 1.99. The smallest absolute Gasteiger partial charge is 0.241 e. The van der Waals surface area contributed by atoms with Crippen LogP contribution in [0.3, 0.4) is 0 Å². The number of carbonyl (C=O) groups is 1. The quantitative estimate of drug-likeness (QED) is 0.576. The highest BCUT2D eigenvalue weighted by molar-refractivity contribution is 7.89. The molecule has 1 heterocycles. The van der Waals surface area contributed by atoms with Crippen LogP contribution in [0.1, 0.15) is 26.7 Å². The third kappa shape index (κ3) is 5.86. The Morgan fingerprint density at radius 3 is 2.62 bits per heavy atom. The predicted octanol–water partition coefficient (Wildman–Crippen LogP) is 0.631. The molecule has 1 fully saturated rings. The zero-order chi connectivity index (χ0) is 19.0. The number of benzene rings is 1. The average Bonchev–Trinajstić information content (AvgIpc) is 2.63. The molecule has 26 heavy (non-hydrogen) atoms. The van der Waals surface area contributed by atoms with E-state index >= 15 is 0 Å². The molecule has 1 amide bonds. The Bertz CT molecular complexity index is 702. The molecule has 0 spiro atoms.